The van der Waals surface area contributed by atoms with Crippen molar-refractivity contribution >= 4 is 23.6 Å². The van der Waals surface area contributed by atoms with E-state index in [4.69, 9.17) is 4.74 Å². The van der Waals surface area contributed by atoms with E-state index in [9.17, 15) is 19.5 Å². The number of aliphatic hydroxyl groups is 1. The first kappa shape index (κ1) is 21.5. The highest BCUT2D eigenvalue weighted by atomic mass is 16.5. The molecule has 0 saturated carbocycles. The summed E-state index contributed by atoms with van der Waals surface area (Å²) < 4.78 is 5.85. The Morgan fingerprint density at radius 1 is 1.23 bits per heavy atom. The zero-order valence-electron chi connectivity index (χ0n) is 17.7. The number of benzene rings is 1. The Kier molecular flexibility index (Phi) is 5.92. The van der Waals surface area contributed by atoms with Crippen LogP contribution in [0, 0.1) is 5.41 Å². The van der Waals surface area contributed by atoms with Gasteiger partial charge in [0.25, 0.3) is 0 Å². The number of Topliss-reactive ketones (excluding diaryl/α,β-unsaturated/α-hetero) is 1. The van der Waals surface area contributed by atoms with Gasteiger partial charge in [0.2, 0.25) is 0 Å². The minimum absolute atomic E-state index is 0.0722. The number of hydrogen-bond donors (Lipinski definition) is 1. The molecule has 1 aromatic rings. The fourth-order valence-corrected chi connectivity index (χ4v) is 3.87. The average molecular weight is 406 g/mol. The van der Waals surface area contributed by atoms with Crippen molar-refractivity contribution in [3.8, 4) is 5.75 Å². The Bertz CT molecular complexity index is 1050. The summed E-state index contributed by atoms with van der Waals surface area (Å²) in [5.41, 5.74) is 1.59. The van der Waals surface area contributed by atoms with Gasteiger partial charge in [-0.15, -0.1) is 0 Å². The van der Waals surface area contributed by atoms with E-state index in [1.165, 1.54) is 12.1 Å². The molecule has 156 valence electrons. The Hall–Kier alpha value is -3.21. The molecule has 1 heterocycles. The molecular formula is C25H26O5. The van der Waals surface area contributed by atoms with Gasteiger partial charge < -0.3 is 9.84 Å². The first-order valence-electron chi connectivity index (χ1n) is 9.92. The topological polar surface area (TPSA) is 80.7 Å². The zero-order chi connectivity index (χ0) is 22.1. The van der Waals surface area contributed by atoms with E-state index in [1.54, 1.807) is 19.1 Å². The highest BCUT2D eigenvalue weighted by molar-refractivity contribution is 6.32. The van der Waals surface area contributed by atoms with Crippen LogP contribution in [-0.4, -0.2) is 29.6 Å². The molecule has 5 heteroatoms. The van der Waals surface area contributed by atoms with Gasteiger partial charge in [0.1, 0.15) is 23.7 Å². The summed E-state index contributed by atoms with van der Waals surface area (Å²) in [6.45, 7) is 7.83. The third-order valence-electron chi connectivity index (χ3n) is 5.78. The van der Waals surface area contributed by atoms with Gasteiger partial charge in [-0.3, -0.25) is 14.4 Å². The number of ketones is 2. The number of rotatable bonds is 3. The quantitative estimate of drug-likeness (QED) is 0.437. The van der Waals surface area contributed by atoms with E-state index in [-0.39, 0.29) is 29.1 Å². The zero-order valence-corrected chi connectivity index (χ0v) is 17.7. The number of carbonyl (C=O) groups is 3. The maximum Gasteiger partial charge on any atom is 0.193 e. The molecule has 0 radical (unpaired) electrons. The molecule has 0 fully saturated rings. The number of aliphatic hydroxyl groups excluding tert-OH is 1. The molecule has 0 aromatic heterocycles. The van der Waals surface area contributed by atoms with Crippen LogP contribution < -0.4 is 4.74 Å². The summed E-state index contributed by atoms with van der Waals surface area (Å²) in [6.07, 6.45) is 6.73. The lowest BCUT2D eigenvalue weighted by molar-refractivity contribution is -0.126. The van der Waals surface area contributed by atoms with Crippen LogP contribution in [0.15, 0.2) is 58.7 Å². The van der Waals surface area contributed by atoms with Crippen LogP contribution in [0.3, 0.4) is 0 Å². The van der Waals surface area contributed by atoms with Crippen LogP contribution in [0.1, 0.15) is 56.5 Å². The third-order valence-corrected chi connectivity index (χ3v) is 5.78. The fraction of sp³-hybridized carbons (Fsp3) is 0.320. The molecule has 1 atom stereocenters. The number of ether oxygens (including phenoxy) is 1. The molecule has 2 aliphatic rings. The minimum atomic E-state index is -0.976. The van der Waals surface area contributed by atoms with Gasteiger partial charge in [-0.2, -0.15) is 0 Å². The number of carbonyl (C=O) groups excluding carboxylic acids is 3. The van der Waals surface area contributed by atoms with Crippen LogP contribution in [0.25, 0.3) is 5.76 Å². The Morgan fingerprint density at radius 3 is 2.63 bits per heavy atom. The summed E-state index contributed by atoms with van der Waals surface area (Å²) in [7, 11) is 0. The first-order valence-corrected chi connectivity index (χ1v) is 9.92. The summed E-state index contributed by atoms with van der Waals surface area (Å²) in [5, 5.41) is 11.1. The minimum Gasteiger partial charge on any atom is -0.506 e. The predicted octanol–water partition coefficient (Wildman–Crippen LogP) is 4.94. The molecule has 30 heavy (non-hydrogen) atoms. The highest BCUT2D eigenvalue weighted by Crippen LogP contribution is 2.45. The molecule has 0 amide bonds. The number of fused-ring (bicyclic) bond motifs is 3. The highest BCUT2D eigenvalue weighted by Gasteiger charge is 2.46. The van der Waals surface area contributed by atoms with Gasteiger partial charge in [0.15, 0.2) is 17.9 Å². The molecule has 1 aliphatic heterocycles. The van der Waals surface area contributed by atoms with Crippen molar-refractivity contribution in [1.82, 2.24) is 0 Å². The van der Waals surface area contributed by atoms with Crippen LogP contribution in [0.4, 0.5) is 0 Å². The lowest BCUT2D eigenvalue weighted by atomic mass is 9.65. The van der Waals surface area contributed by atoms with E-state index in [1.807, 2.05) is 32.9 Å². The van der Waals surface area contributed by atoms with Crippen molar-refractivity contribution in [2.45, 2.75) is 40.5 Å². The van der Waals surface area contributed by atoms with Crippen molar-refractivity contribution in [2.24, 2.45) is 5.41 Å². The van der Waals surface area contributed by atoms with Crippen molar-refractivity contribution in [3.05, 3.63) is 69.8 Å². The van der Waals surface area contributed by atoms with E-state index in [2.05, 4.69) is 0 Å². The molecule has 1 aromatic carbocycles. The lowest BCUT2D eigenvalue weighted by Crippen LogP contribution is -2.39. The van der Waals surface area contributed by atoms with Crippen LogP contribution in [-0.2, 0) is 9.59 Å². The van der Waals surface area contributed by atoms with Gasteiger partial charge in [0, 0.05) is 5.56 Å². The second-order valence-corrected chi connectivity index (χ2v) is 8.19. The summed E-state index contributed by atoms with van der Waals surface area (Å²) in [4.78, 5) is 38.3. The molecule has 1 aliphatic carbocycles. The Morgan fingerprint density at radius 2 is 1.97 bits per heavy atom. The van der Waals surface area contributed by atoms with Gasteiger partial charge >= 0.3 is 0 Å². The van der Waals surface area contributed by atoms with Gasteiger partial charge in [0.05, 0.1) is 11.0 Å². The largest absolute Gasteiger partial charge is 0.506 e. The smallest absolute Gasteiger partial charge is 0.193 e. The van der Waals surface area contributed by atoms with Crippen LogP contribution >= 0.6 is 0 Å². The molecule has 1 N–H and O–H groups in total. The van der Waals surface area contributed by atoms with Crippen LogP contribution in [0.2, 0.25) is 0 Å². The summed E-state index contributed by atoms with van der Waals surface area (Å²) >= 11 is 0. The Labute approximate surface area is 176 Å². The molecule has 0 unspecified atom stereocenters. The molecular weight excluding hydrogens is 380 g/mol. The normalized spacial score (nSPS) is 25.7. The molecule has 3 rings (SSSR count). The first-order chi connectivity index (χ1) is 14.2. The van der Waals surface area contributed by atoms with Crippen molar-refractivity contribution in [1.29, 1.82) is 0 Å². The number of hydrogen-bond acceptors (Lipinski definition) is 5. The van der Waals surface area contributed by atoms with E-state index in [0.29, 0.717) is 24.7 Å². The average Bonchev–Trinajstić information content (AvgIpc) is 2.71. The summed E-state index contributed by atoms with van der Waals surface area (Å²) in [5.74, 6) is -1.25. The number of aldehydes is 1. The monoisotopic (exact) mass is 406 g/mol. The van der Waals surface area contributed by atoms with Crippen molar-refractivity contribution in [2.75, 3.05) is 6.61 Å². The molecule has 2 bridgehead atoms. The van der Waals surface area contributed by atoms with Gasteiger partial charge in [-0.05, 0) is 58.3 Å². The van der Waals surface area contributed by atoms with E-state index < -0.39 is 22.7 Å². The fourth-order valence-electron chi connectivity index (χ4n) is 3.87. The maximum atomic E-state index is 13.8. The molecule has 5 nitrogen and oxygen atoms in total. The van der Waals surface area contributed by atoms with Crippen LogP contribution in [0.5, 0.6) is 5.75 Å². The lowest BCUT2D eigenvalue weighted by Gasteiger charge is -2.35. The molecule has 0 saturated heterocycles. The third kappa shape index (κ3) is 3.67. The standard InChI is InChI=1S/C25H26O5/c1-15(2)8-10-25-11-9-16(3)14-30-20-7-5-6-18(13-26)21(20)23(28)22(24(25)29)19(27)12-17(25)4/h5-9,12-13,28H,10-11,14H2,1-4H3/b16-9+,23-22+/t25-/m1/s1. The summed E-state index contributed by atoms with van der Waals surface area (Å²) in [6, 6.07) is 4.76. The Balaban J connectivity index is 2.38. The van der Waals surface area contributed by atoms with Crippen molar-refractivity contribution < 1.29 is 24.2 Å². The van der Waals surface area contributed by atoms with Gasteiger partial charge in [-0.25, -0.2) is 0 Å². The SMILES string of the molecule is CC(C)=CC[C@@]12C/C=C(\C)COc3cccc(C=O)c3/C(O)=C(/C(=O)C=C1C)C2=O. The van der Waals surface area contributed by atoms with E-state index >= 15 is 0 Å². The maximum absolute atomic E-state index is 13.8. The van der Waals surface area contributed by atoms with Crippen molar-refractivity contribution in [3.63, 3.8) is 0 Å². The second-order valence-electron chi connectivity index (χ2n) is 8.19. The predicted molar refractivity (Wildman–Crippen MR) is 115 cm³/mol. The van der Waals surface area contributed by atoms with E-state index in [0.717, 1.165) is 11.1 Å². The van der Waals surface area contributed by atoms with Gasteiger partial charge in [-0.1, -0.05) is 35.4 Å². The number of allylic oxidation sites excluding steroid dienone is 6. The molecule has 0 spiro atoms. The second kappa shape index (κ2) is 8.27.